The van der Waals surface area contributed by atoms with Gasteiger partial charge in [-0.05, 0) is 59.1 Å². The van der Waals surface area contributed by atoms with Crippen molar-refractivity contribution < 1.29 is 9.53 Å². The smallest absolute Gasteiger partial charge is 0.339 e. The van der Waals surface area contributed by atoms with E-state index in [1.807, 2.05) is 17.5 Å². The summed E-state index contributed by atoms with van der Waals surface area (Å²) in [6, 6.07) is 2.00. The molecule has 0 saturated carbocycles. The van der Waals surface area contributed by atoms with Crippen molar-refractivity contribution in [3.05, 3.63) is 37.7 Å². The summed E-state index contributed by atoms with van der Waals surface area (Å²) in [6.45, 7) is 0. The number of cyclic esters (lactones) is 1. The monoisotopic (exact) mass is 310 g/mol. The fraction of sp³-hybridized carbons (Fsp3) is 0.308. The van der Waals surface area contributed by atoms with Gasteiger partial charge in [-0.3, -0.25) is 0 Å². The molecule has 0 fully saturated rings. The topological polar surface area (TPSA) is 26.3 Å². The number of rotatable bonds is 1. The molecular weight excluding hydrogens is 300 g/mol. The van der Waals surface area contributed by atoms with Crippen LogP contribution in [0.4, 0.5) is 0 Å². The third-order valence-electron chi connectivity index (χ3n) is 3.12. The van der Waals surface area contributed by atoms with E-state index in [0.29, 0.717) is 0 Å². The Balaban J connectivity index is 2.00. The molecule has 0 atom stereocenters. The number of carbonyl (C=O) groups excluding carboxylic acids is 1. The Labute approximate surface area is 112 Å². The molecule has 1 aliphatic heterocycles. The van der Waals surface area contributed by atoms with Crippen LogP contribution in [0.5, 0.6) is 0 Å². The van der Waals surface area contributed by atoms with Gasteiger partial charge in [-0.2, -0.15) is 0 Å². The minimum Gasteiger partial charge on any atom is -0.423 e. The molecule has 0 spiro atoms. The summed E-state index contributed by atoms with van der Waals surface area (Å²) in [7, 11) is 0. The molecule has 0 saturated heterocycles. The minimum absolute atomic E-state index is 0.140. The molecule has 4 heteroatoms. The lowest BCUT2D eigenvalue weighted by Crippen LogP contribution is -2.01. The van der Waals surface area contributed by atoms with Gasteiger partial charge in [-0.25, -0.2) is 4.79 Å². The molecule has 2 aliphatic rings. The Morgan fingerprint density at radius 1 is 1.29 bits per heavy atom. The summed E-state index contributed by atoms with van der Waals surface area (Å²) in [4.78, 5) is 12.8. The van der Waals surface area contributed by atoms with Crippen LogP contribution in [0, 0.1) is 0 Å². The van der Waals surface area contributed by atoms with Gasteiger partial charge in [-0.15, -0.1) is 11.3 Å². The van der Waals surface area contributed by atoms with Crippen LogP contribution in [-0.2, 0) is 9.53 Å². The van der Waals surface area contributed by atoms with E-state index in [9.17, 15) is 4.79 Å². The van der Waals surface area contributed by atoms with Gasteiger partial charge in [0.05, 0.1) is 0 Å². The van der Waals surface area contributed by atoms with Crippen molar-refractivity contribution in [3.63, 3.8) is 0 Å². The van der Waals surface area contributed by atoms with Gasteiger partial charge in [0.2, 0.25) is 0 Å². The maximum atomic E-state index is 11.7. The van der Waals surface area contributed by atoms with Gasteiger partial charge in [-0.1, -0.05) is 0 Å². The highest BCUT2D eigenvalue weighted by atomic mass is 79.9. The summed E-state index contributed by atoms with van der Waals surface area (Å²) in [5.41, 5.74) is 2.02. The van der Waals surface area contributed by atoms with Crippen molar-refractivity contribution in [3.8, 4) is 0 Å². The third-order valence-corrected chi connectivity index (χ3v) is 4.94. The largest absolute Gasteiger partial charge is 0.423 e. The van der Waals surface area contributed by atoms with Gasteiger partial charge >= 0.3 is 5.97 Å². The van der Waals surface area contributed by atoms with Crippen molar-refractivity contribution >= 4 is 39.3 Å². The Hall–Kier alpha value is -0.870. The Bertz CT molecular complexity index is 539. The maximum absolute atomic E-state index is 11.7. The third kappa shape index (κ3) is 2.00. The quantitative estimate of drug-likeness (QED) is 0.724. The summed E-state index contributed by atoms with van der Waals surface area (Å²) in [5, 5.41) is 2.02. The molecule has 1 aromatic heterocycles. The summed E-state index contributed by atoms with van der Waals surface area (Å²) in [5.74, 6) is 0.617. The van der Waals surface area contributed by atoms with Crippen molar-refractivity contribution in [1.29, 1.82) is 0 Å². The van der Waals surface area contributed by atoms with E-state index in [4.69, 9.17) is 4.74 Å². The molecular formula is C13H11BrO2S. The minimum atomic E-state index is -0.140. The zero-order chi connectivity index (χ0) is 11.8. The number of allylic oxidation sites excluding steroid dienone is 1. The predicted molar refractivity (Wildman–Crippen MR) is 71.6 cm³/mol. The predicted octanol–water partition coefficient (Wildman–Crippen LogP) is 4.28. The molecule has 0 N–H and O–H groups in total. The van der Waals surface area contributed by atoms with Gasteiger partial charge in [0.1, 0.15) is 5.76 Å². The molecule has 17 heavy (non-hydrogen) atoms. The highest BCUT2D eigenvalue weighted by Gasteiger charge is 2.31. The molecule has 1 aliphatic carbocycles. The van der Waals surface area contributed by atoms with Crippen LogP contribution in [0.3, 0.4) is 0 Å². The fourth-order valence-corrected chi connectivity index (χ4v) is 3.68. The van der Waals surface area contributed by atoms with E-state index in [0.717, 1.165) is 51.9 Å². The number of ether oxygens (including phenoxy) is 1. The van der Waals surface area contributed by atoms with Crippen LogP contribution >= 0.6 is 27.3 Å². The van der Waals surface area contributed by atoms with E-state index in [2.05, 4.69) is 15.9 Å². The second-order valence-corrected chi connectivity index (χ2v) is 6.00. The van der Waals surface area contributed by atoms with Crippen LogP contribution in [0.25, 0.3) is 6.08 Å². The zero-order valence-corrected chi connectivity index (χ0v) is 11.6. The highest BCUT2D eigenvalue weighted by molar-refractivity contribution is 9.10. The average Bonchev–Trinajstić information content (AvgIpc) is 2.87. The lowest BCUT2D eigenvalue weighted by atomic mass is 9.92. The number of esters is 1. The van der Waals surface area contributed by atoms with Gasteiger partial charge in [0.15, 0.2) is 0 Å². The van der Waals surface area contributed by atoms with Gasteiger partial charge < -0.3 is 4.74 Å². The van der Waals surface area contributed by atoms with E-state index < -0.39 is 0 Å². The highest BCUT2D eigenvalue weighted by Crippen LogP contribution is 2.38. The normalized spacial score (nSPS) is 21.9. The Morgan fingerprint density at radius 3 is 2.76 bits per heavy atom. The first-order valence-corrected chi connectivity index (χ1v) is 7.32. The summed E-state index contributed by atoms with van der Waals surface area (Å²) < 4.78 is 6.42. The van der Waals surface area contributed by atoms with Crippen LogP contribution in [0.2, 0.25) is 0 Å². The second-order valence-electron chi connectivity index (χ2n) is 4.20. The van der Waals surface area contributed by atoms with Crippen molar-refractivity contribution in [2.24, 2.45) is 0 Å². The molecule has 0 unspecified atom stereocenters. The Kier molecular flexibility index (Phi) is 2.92. The molecule has 3 rings (SSSR count). The number of hydrogen-bond acceptors (Lipinski definition) is 3. The van der Waals surface area contributed by atoms with Crippen LogP contribution < -0.4 is 0 Å². The molecule has 1 aromatic rings. The van der Waals surface area contributed by atoms with Gasteiger partial charge in [0, 0.05) is 20.5 Å². The summed E-state index contributed by atoms with van der Waals surface area (Å²) in [6.07, 6.45) is 6.07. The first-order chi connectivity index (χ1) is 8.25. The standard InChI is InChI=1S/C13H11BrO2S/c14-10-5-6-17-12(10)7-11-8-3-1-2-4-9(8)13(15)16-11/h5-7H,1-4H2/b11-7+. The molecule has 0 radical (unpaired) electrons. The Morgan fingerprint density at radius 2 is 2.06 bits per heavy atom. The number of carbonyl (C=O) groups is 1. The first kappa shape index (κ1) is 11.2. The zero-order valence-electron chi connectivity index (χ0n) is 9.16. The van der Waals surface area contributed by atoms with Crippen molar-refractivity contribution in [2.75, 3.05) is 0 Å². The molecule has 0 bridgehead atoms. The second kappa shape index (κ2) is 4.42. The van der Waals surface area contributed by atoms with Crippen molar-refractivity contribution in [2.45, 2.75) is 25.7 Å². The van der Waals surface area contributed by atoms with E-state index in [1.165, 1.54) is 0 Å². The fourth-order valence-electron chi connectivity index (χ4n) is 2.27. The molecule has 0 aromatic carbocycles. The van der Waals surface area contributed by atoms with E-state index >= 15 is 0 Å². The van der Waals surface area contributed by atoms with Crippen LogP contribution in [0.1, 0.15) is 30.6 Å². The SMILES string of the molecule is O=C1O/C(=C/c2sccc2Br)C2=C1CCCC2. The number of hydrogen-bond donors (Lipinski definition) is 0. The van der Waals surface area contributed by atoms with E-state index in [-0.39, 0.29) is 5.97 Å². The average molecular weight is 311 g/mol. The maximum Gasteiger partial charge on any atom is 0.339 e. The molecule has 88 valence electrons. The van der Waals surface area contributed by atoms with E-state index in [1.54, 1.807) is 11.3 Å². The van der Waals surface area contributed by atoms with Crippen molar-refractivity contribution in [1.82, 2.24) is 0 Å². The molecule has 2 nitrogen and oxygen atoms in total. The van der Waals surface area contributed by atoms with Crippen LogP contribution in [0.15, 0.2) is 32.8 Å². The molecule has 2 heterocycles. The molecule has 0 amide bonds. The number of halogens is 1. The first-order valence-electron chi connectivity index (χ1n) is 5.65. The van der Waals surface area contributed by atoms with Gasteiger partial charge in [0.25, 0.3) is 0 Å². The van der Waals surface area contributed by atoms with Crippen LogP contribution in [-0.4, -0.2) is 5.97 Å². The lowest BCUT2D eigenvalue weighted by Gasteiger charge is -2.09. The number of thiophene rings is 1. The summed E-state index contributed by atoms with van der Waals surface area (Å²) >= 11 is 5.13. The lowest BCUT2D eigenvalue weighted by molar-refractivity contribution is -0.133.